The van der Waals surface area contributed by atoms with Crippen molar-refractivity contribution < 1.29 is 0 Å². The van der Waals surface area contributed by atoms with Gasteiger partial charge in [-0.1, -0.05) is 121 Å². The third-order valence-corrected chi connectivity index (χ3v) is 8.97. The molecule has 3 nitrogen and oxygen atoms in total. The number of aromatic nitrogens is 2. The molecule has 3 heterocycles. The van der Waals surface area contributed by atoms with E-state index >= 15 is 0 Å². The van der Waals surface area contributed by atoms with E-state index in [0.717, 1.165) is 17.2 Å². The van der Waals surface area contributed by atoms with Crippen LogP contribution in [0.2, 0.25) is 0 Å². The molecule has 0 saturated heterocycles. The number of benzene rings is 6. The zero-order valence-corrected chi connectivity index (χ0v) is 24.1. The average Bonchev–Trinajstić information content (AvgIpc) is 3.62. The quantitative estimate of drug-likeness (QED) is 0.226. The Morgan fingerprint density at radius 3 is 1.82 bits per heavy atom. The molecule has 1 atom stereocenters. The Morgan fingerprint density at radius 1 is 0.455 bits per heavy atom. The van der Waals surface area contributed by atoms with Gasteiger partial charge in [-0.15, -0.1) is 0 Å². The number of hydrogen-bond acceptors (Lipinski definition) is 1. The van der Waals surface area contributed by atoms with Gasteiger partial charge in [-0.3, -0.25) is 4.57 Å². The first-order valence-corrected chi connectivity index (χ1v) is 15.2. The lowest BCUT2D eigenvalue weighted by molar-refractivity contribution is 0.953. The number of nitrogens with one attached hydrogen (secondary N) is 1. The molecule has 9 rings (SSSR count). The minimum Gasteiger partial charge on any atom is -0.360 e. The molecule has 8 aromatic rings. The lowest BCUT2D eigenvalue weighted by Crippen LogP contribution is -2.15. The minimum absolute atomic E-state index is 0.0117. The summed E-state index contributed by atoms with van der Waals surface area (Å²) in [5.41, 5.74) is 10.9. The van der Waals surface area contributed by atoms with Crippen molar-refractivity contribution >= 4 is 44.6 Å². The van der Waals surface area contributed by atoms with E-state index in [1.54, 1.807) is 0 Å². The van der Waals surface area contributed by atoms with E-state index in [-0.39, 0.29) is 6.04 Å². The van der Waals surface area contributed by atoms with Crippen LogP contribution < -0.4 is 5.32 Å². The molecule has 0 fully saturated rings. The molecule has 1 N–H and O–H groups in total. The molecule has 0 radical (unpaired) electrons. The first kappa shape index (κ1) is 24.8. The van der Waals surface area contributed by atoms with Gasteiger partial charge in [0.2, 0.25) is 0 Å². The van der Waals surface area contributed by atoms with Gasteiger partial charge in [-0.05, 0) is 59.2 Å². The third-order valence-electron chi connectivity index (χ3n) is 8.97. The lowest BCUT2D eigenvalue weighted by atomic mass is 9.96. The van der Waals surface area contributed by atoms with Crippen LogP contribution in [0, 0.1) is 0 Å². The second-order valence-electron chi connectivity index (χ2n) is 11.4. The monoisotopic (exact) mass is 563 g/mol. The van der Waals surface area contributed by atoms with E-state index < -0.39 is 0 Å². The fraction of sp³-hybridized carbons (Fsp3) is 0.0244. The van der Waals surface area contributed by atoms with E-state index in [1.807, 2.05) is 0 Å². The number of anilines is 1. The zero-order chi connectivity index (χ0) is 29.0. The van der Waals surface area contributed by atoms with Gasteiger partial charge in [-0.25, -0.2) is 0 Å². The summed E-state index contributed by atoms with van der Waals surface area (Å²) in [6, 6.07) is 54.3. The fourth-order valence-electron chi connectivity index (χ4n) is 7.01. The van der Waals surface area contributed by atoms with Crippen LogP contribution in [0.15, 0.2) is 158 Å². The topological polar surface area (TPSA) is 21.9 Å². The first-order chi connectivity index (χ1) is 21.8. The molecular formula is C41H29N3. The van der Waals surface area contributed by atoms with Crippen LogP contribution in [0.5, 0.6) is 0 Å². The molecule has 1 aliphatic heterocycles. The zero-order valence-electron chi connectivity index (χ0n) is 24.1. The summed E-state index contributed by atoms with van der Waals surface area (Å²) in [6.45, 7) is 0. The molecule has 0 spiro atoms. The SMILES string of the molecule is C1=CC(c2cccc3c2c2ccccc2n3-c2ccc(-c3ccccc3)cc2)Nc2c1c1ccccc1n2-c1ccccc1. The van der Waals surface area contributed by atoms with Crippen LogP contribution in [-0.2, 0) is 0 Å². The van der Waals surface area contributed by atoms with Gasteiger partial charge in [-0.2, -0.15) is 0 Å². The van der Waals surface area contributed by atoms with Crippen molar-refractivity contribution in [1.82, 2.24) is 9.13 Å². The van der Waals surface area contributed by atoms with Gasteiger partial charge >= 0.3 is 0 Å². The van der Waals surface area contributed by atoms with Gasteiger partial charge in [0.15, 0.2) is 0 Å². The predicted octanol–water partition coefficient (Wildman–Crippen LogP) is 10.6. The summed E-state index contributed by atoms with van der Waals surface area (Å²) in [4.78, 5) is 0. The fourth-order valence-corrected chi connectivity index (χ4v) is 7.01. The normalized spacial score (nSPS) is 14.2. The van der Waals surface area contributed by atoms with Crippen LogP contribution in [0.4, 0.5) is 5.82 Å². The van der Waals surface area contributed by atoms with Gasteiger partial charge in [0.05, 0.1) is 22.6 Å². The van der Waals surface area contributed by atoms with Crippen LogP contribution in [0.25, 0.3) is 61.3 Å². The maximum atomic E-state index is 3.97. The molecule has 208 valence electrons. The van der Waals surface area contributed by atoms with E-state index in [4.69, 9.17) is 0 Å². The summed E-state index contributed by atoms with van der Waals surface area (Å²) in [5.74, 6) is 1.13. The third kappa shape index (κ3) is 3.76. The van der Waals surface area contributed by atoms with E-state index in [2.05, 4.69) is 178 Å². The molecule has 44 heavy (non-hydrogen) atoms. The Balaban J connectivity index is 1.21. The van der Waals surface area contributed by atoms with Crippen LogP contribution in [-0.4, -0.2) is 9.13 Å². The minimum atomic E-state index is 0.0117. The molecule has 0 aliphatic carbocycles. The summed E-state index contributed by atoms with van der Waals surface area (Å²) in [6.07, 6.45) is 4.62. The molecule has 1 aliphatic rings. The largest absolute Gasteiger partial charge is 0.360 e. The summed E-state index contributed by atoms with van der Waals surface area (Å²) < 4.78 is 4.76. The van der Waals surface area contributed by atoms with Crippen LogP contribution >= 0.6 is 0 Å². The number of rotatable bonds is 4. The highest BCUT2D eigenvalue weighted by atomic mass is 15.1. The Morgan fingerprint density at radius 2 is 1.05 bits per heavy atom. The molecule has 2 aromatic heterocycles. The van der Waals surface area contributed by atoms with Crippen LogP contribution in [0.1, 0.15) is 17.2 Å². The highest BCUT2D eigenvalue weighted by molar-refractivity contribution is 6.11. The highest BCUT2D eigenvalue weighted by Crippen LogP contribution is 2.43. The van der Waals surface area contributed by atoms with E-state index in [9.17, 15) is 0 Å². The second-order valence-corrected chi connectivity index (χ2v) is 11.4. The maximum absolute atomic E-state index is 3.97. The summed E-state index contributed by atoms with van der Waals surface area (Å²) in [7, 11) is 0. The molecule has 1 unspecified atom stereocenters. The molecule has 6 aromatic carbocycles. The van der Waals surface area contributed by atoms with E-state index in [0.29, 0.717) is 0 Å². The highest BCUT2D eigenvalue weighted by Gasteiger charge is 2.25. The predicted molar refractivity (Wildman–Crippen MR) is 185 cm³/mol. The molecule has 0 bridgehead atoms. The Hall–Kier alpha value is -5.80. The van der Waals surface area contributed by atoms with Crippen molar-refractivity contribution in [2.75, 3.05) is 5.32 Å². The van der Waals surface area contributed by atoms with Gasteiger partial charge in [0, 0.05) is 33.1 Å². The van der Waals surface area contributed by atoms with Crippen molar-refractivity contribution in [3.63, 3.8) is 0 Å². The first-order valence-electron chi connectivity index (χ1n) is 15.2. The smallest absolute Gasteiger partial charge is 0.119 e. The molecule has 0 saturated carbocycles. The number of para-hydroxylation sites is 3. The lowest BCUT2D eigenvalue weighted by Gasteiger charge is -2.24. The average molecular weight is 564 g/mol. The number of hydrogen-bond donors (Lipinski definition) is 1. The van der Waals surface area contributed by atoms with Crippen molar-refractivity contribution in [2.45, 2.75) is 6.04 Å². The molecule has 0 amide bonds. The van der Waals surface area contributed by atoms with Crippen LogP contribution in [0.3, 0.4) is 0 Å². The Bertz CT molecular complexity index is 2340. The van der Waals surface area contributed by atoms with E-state index in [1.165, 1.54) is 55.0 Å². The maximum Gasteiger partial charge on any atom is 0.119 e. The van der Waals surface area contributed by atoms with Gasteiger partial charge < -0.3 is 9.88 Å². The number of fused-ring (bicyclic) bond motifs is 6. The van der Waals surface area contributed by atoms with Crippen molar-refractivity contribution in [1.29, 1.82) is 0 Å². The standard InChI is InChI=1S/C41H29N3/c1-3-12-28(13-4-1)29-22-24-31(25-23-29)43-38-20-10-8-17-35(38)40-34(18-11-21-39(40)43)36-27-26-33-32-16-7-9-19-37(32)44(41(33)42-36)30-14-5-2-6-15-30/h1-27,36,42H. The van der Waals surface area contributed by atoms with Crippen molar-refractivity contribution in [2.24, 2.45) is 0 Å². The van der Waals surface area contributed by atoms with Crippen molar-refractivity contribution in [3.8, 4) is 22.5 Å². The number of nitrogens with zero attached hydrogens (tertiary/aromatic N) is 2. The second kappa shape index (κ2) is 9.89. The Labute approximate surface area is 255 Å². The van der Waals surface area contributed by atoms with Gasteiger partial charge in [0.1, 0.15) is 5.82 Å². The molecule has 3 heteroatoms. The van der Waals surface area contributed by atoms with Gasteiger partial charge in [0.25, 0.3) is 0 Å². The van der Waals surface area contributed by atoms with Crippen molar-refractivity contribution in [3.05, 3.63) is 169 Å². The molecular weight excluding hydrogens is 534 g/mol. The Kier molecular flexibility index (Phi) is 5.57. The summed E-state index contributed by atoms with van der Waals surface area (Å²) in [5, 5.41) is 7.76. The summed E-state index contributed by atoms with van der Waals surface area (Å²) >= 11 is 0.